The van der Waals surface area contributed by atoms with Crippen LogP contribution < -0.4 is 5.32 Å². The molecular weight excluding hydrogens is 256 g/mol. The van der Waals surface area contributed by atoms with E-state index in [-0.39, 0.29) is 5.91 Å². The first-order valence-electron chi connectivity index (χ1n) is 6.51. The molecule has 2 rings (SSSR count). The van der Waals surface area contributed by atoms with E-state index in [2.05, 4.69) is 20.5 Å². The number of hydrogen-bond acceptors (Lipinski definition) is 4. The van der Waals surface area contributed by atoms with Crippen molar-refractivity contribution in [3.8, 4) is 11.3 Å². The average molecular weight is 274 g/mol. The van der Waals surface area contributed by atoms with Gasteiger partial charge in [-0.25, -0.2) is 0 Å². The molecule has 0 saturated carbocycles. The van der Waals surface area contributed by atoms with Crippen LogP contribution in [0.4, 0.5) is 5.82 Å². The summed E-state index contributed by atoms with van der Waals surface area (Å²) in [7, 11) is 0. The minimum absolute atomic E-state index is 0.206. The third-order valence-corrected chi connectivity index (χ3v) is 3.01. The van der Waals surface area contributed by atoms with Crippen LogP contribution in [0.15, 0.2) is 24.5 Å². The van der Waals surface area contributed by atoms with Gasteiger partial charge >= 0.3 is 0 Å². The average Bonchev–Trinajstić information content (AvgIpc) is 2.81. The lowest BCUT2D eigenvalue weighted by molar-refractivity contribution is -0.126. The highest BCUT2D eigenvalue weighted by molar-refractivity contribution is 5.94. The Morgan fingerprint density at radius 3 is 2.80 bits per heavy atom. The molecule has 0 fully saturated rings. The fraction of sp³-hybridized carbons (Fsp3) is 0.357. The molecule has 0 spiro atoms. The zero-order valence-electron chi connectivity index (χ0n) is 11.8. The largest absolute Gasteiger partial charge is 0.369 e. The Morgan fingerprint density at radius 1 is 1.45 bits per heavy atom. The SMILES string of the molecule is CCOC(C)C(=O)Nc1n[nH]c(-c2ccncc2)c1C. The van der Waals surface area contributed by atoms with Crippen molar-refractivity contribution in [2.24, 2.45) is 0 Å². The van der Waals surface area contributed by atoms with Gasteiger partial charge in [0.15, 0.2) is 5.82 Å². The summed E-state index contributed by atoms with van der Waals surface area (Å²) in [6.45, 7) is 5.96. The summed E-state index contributed by atoms with van der Waals surface area (Å²) in [6.07, 6.45) is 2.93. The topological polar surface area (TPSA) is 79.9 Å². The molecule has 106 valence electrons. The number of H-pyrrole nitrogens is 1. The first-order valence-corrected chi connectivity index (χ1v) is 6.51. The van der Waals surface area contributed by atoms with Gasteiger partial charge in [-0.3, -0.25) is 14.9 Å². The summed E-state index contributed by atoms with van der Waals surface area (Å²) < 4.78 is 5.25. The monoisotopic (exact) mass is 274 g/mol. The van der Waals surface area contributed by atoms with Crippen LogP contribution >= 0.6 is 0 Å². The summed E-state index contributed by atoms with van der Waals surface area (Å²) in [4.78, 5) is 15.9. The molecule has 0 radical (unpaired) electrons. The zero-order chi connectivity index (χ0) is 14.5. The molecule has 0 bridgehead atoms. The number of ether oxygens (including phenoxy) is 1. The smallest absolute Gasteiger partial charge is 0.254 e. The molecule has 2 N–H and O–H groups in total. The first-order chi connectivity index (χ1) is 9.63. The minimum Gasteiger partial charge on any atom is -0.369 e. The lowest BCUT2D eigenvalue weighted by Crippen LogP contribution is -2.28. The zero-order valence-corrected chi connectivity index (χ0v) is 11.8. The van der Waals surface area contributed by atoms with E-state index >= 15 is 0 Å². The van der Waals surface area contributed by atoms with E-state index < -0.39 is 6.10 Å². The second-order valence-electron chi connectivity index (χ2n) is 4.39. The maximum absolute atomic E-state index is 11.9. The lowest BCUT2D eigenvalue weighted by Gasteiger charge is -2.10. The number of aromatic nitrogens is 3. The number of carbonyl (C=O) groups is 1. The van der Waals surface area contributed by atoms with Crippen molar-refractivity contribution in [3.63, 3.8) is 0 Å². The summed E-state index contributed by atoms with van der Waals surface area (Å²) in [5.74, 6) is 0.316. The molecule has 1 unspecified atom stereocenters. The molecule has 6 heteroatoms. The van der Waals surface area contributed by atoms with Crippen LogP contribution in [0.3, 0.4) is 0 Å². The van der Waals surface area contributed by atoms with Crippen LogP contribution in [0, 0.1) is 6.92 Å². The van der Waals surface area contributed by atoms with Gasteiger partial charge in [-0.15, -0.1) is 0 Å². The van der Waals surface area contributed by atoms with Gasteiger partial charge < -0.3 is 10.1 Å². The lowest BCUT2D eigenvalue weighted by atomic mass is 10.1. The molecule has 0 aromatic carbocycles. The Kier molecular flexibility index (Phi) is 4.47. The van der Waals surface area contributed by atoms with Crippen molar-refractivity contribution in [1.82, 2.24) is 15.2 Å². The van der Waals surface area contributed by atoms with Crippen molar-refractivity contribution in [2.45, 2.75) is 26.9 Å². The van der Waals surface area contributed by atoms with E-state index in [4.69, 9.17) is 4.74 Å². The van der Waals surface area contributed by atoms with E-state index in [0.717, 1.165) is 16.8 Å². The number of nitrogens with one attached hydrogen (secondary N) is 2. The normalized spacial score (nSPS) is 12.2. The van der Waals surface area contributed by atoms with E-state index in [1.807, 2.05) is 26.0 Å². The van der Waals surface area contributed by atoms with E-state index in [9.17, 15) is 4.79 Å². The van der Waals surface area contributed by atoms with Crippen LogP contribution in [0.2, 0.25) is 0 Å². The van der Waals surface area contributed by atoms with Crippen molar-refractivity contribution < 1.29 is 9.53 Å². The highest BCUT2D eigenvalue weighted by Gasteiger charge is 2.17. The van der Waals surface area contributed by atoms with Crippen molar-refractivity contribution in [3.05, 3.63) is 30.1 Å². The molecule has 2 aromatic rings. The Bertz CT molecular complexity index is 580. The number of anilines is 1. The number of hydrogen-bond donors (Lipinski definition) is 2. The fourth-order valence-corrected chi connectivity index (χ4v) is 1.86. The predicted octanol–water partition coefficient (Wildman–Crippen LogP) is 2.14. The van der Waals surface area contributed by atoms with Crippen LogP contribution in [0.5, 0.6) is 0 Å². The maximum atomic E-state index is 11.9. The predicted molar refractivity (Wildman–Crippen MR) is 76.3 cm³/mol. The highest BCUT2D eigenvalue weighted by Crippen LogP contribution is 2.25. The van der Waals surface area contributed by atoms with Gasteiger partial charge in [-0.2, -0.15) is 5.10 Å². The number of amides is 1. The van der Waals surface area contributed by atoms with Gasteiger partial charge in [-0.1, -0.05) is 0 Å². The molecule has 1 atom stereocenters. The molecule has 0 aliphatic carbocycles. The van der Waals surface area contributed by atoms with Gasteiger partial charge in [-0.05, 0) is 32.9 Å². The standard InChI is InChI=1S/C14H18N4O2/c1-4-20-10(3)14(19)16-13-9(2)12(17-18-13)11-5-7-15-8-6-11/h5-8,10H,4H2,1-3H3,(H2,16,17,18,19). The highest BCUT2D eigenvalue weighted by atomic mass is 16.5. The number of nitrogens with zero attached hydrogens (tertiary/aromatic N) is 2. The molecule has 6 nitrogen and oxygen atoms in total. The third-order valence-electron chi connectivity index (χ3n) is 3.01. The molecular formula is C14H18N4O2. The minimum atomic E-state index is -0.500. The van der Waals surface area contributed by atoms with Gasteiger partial charge in [0.05, 0.1) is 5.69 Å². The summed E-state index contributed by atoms with van der Waals surface area (Å²) in [5, 5.41) is 9.84. The molecule has 0 aliphatic heterocycles. The molecule has 0 aliphatic rings. The van der Waals surface area contributed by atoms with Crippen LogP contribution in [-0.4, -0.2) is 33.8 Å². The number of aromatic amines is 1. The van der Waals surface area contributed by atoms with Crippen LogP contribution in [0.25, 0.3) is 11.3 Å². The molecule has 2 aromatic heterocycles. The fourth-order valence-electron chi connectivity index (χ4n) is 1.86. The summed E-state index contributed by atoms with van der Waals surface area (Å²) in [6, 6.07) is 3.77. The Labute approximate surface area is 117 Å². The van der Waals surface area contributed by atoms with Gasteiger partial charge in [0.25, 0.3) is 5.91 Å². The third kappa shape index (κ3) is 3.03. The Morgan fingerprint density at radius 2 is 2.15 bits per heavy atom. The van der Waals surface area contributed by atoms with Crippen molar-refractivity contribution in [2.75, 3.05) is 11.9 Å². The van der Waals surface area contributed by atoms with Crippen LogP contribution in [0.1, 0.15) is 19.4 Å². The quantitative estimate of drug-likeness (QED) is 0.875. The van der Waals surface area contributed by atoms with E-state index in [0.29, 0.717) is 12.4 Å². The summed E-state index contributed by atoms with van der Waals surface area (Å²) in [5.41, 5.74) is 2.73. The number of pyridine rings is 1. The first kappa shape index (κ1) is 14.2. The van der Waals surface area contributed by atoms with Crippen molar-refractivity contribution in [1.29, 1.82) is 0 Å². The molecule has 20 heavy (non-hydrogen) atoms. The summed E-state index contributed by atoms with van der Waals surface area (Å²) >= 11 is 0. The Balaban J connectivity index is 2.16. The maximum Gasteiger partial charge on any atom is 0.254 e. The molecule has 0 saturated heterocycles. The molecule has 2 heterocycles. The molecule has 1 amide bonds. The van der Waals surface area contributed by atoms with Crippen LogP contribution in [-0.2, 0) is 9.53 Å². The van der Waals surface area contributed by atoms with Gasteiger partial charge in [0.2, 0.25) is 0 Å². The van der Waals surface area contributed by atoms with Gasteiger partial charge in [0, 0.05) is 30.1 Å². The second kappa shape index (κ2) is 6.29. The van der Waals surface area contributed by atoms with Gasteiger partial charge in [0.1, 0.15) is 6.10 Å². The van der Waals surface area contributed by atoms with E-state index in [1.54, 1.807) is 19.3 Å². The van der Waals surface area contributed by atoms with Crippen molar-refractivity contribution >= 4 is 11.7 Å². The number of carbonyl (C=O) groups excluding carboxylic acids is 1. The van der Waals surface area contributed by atoms with E-state index in [1.165, 1.54) is 0 Å². The Hall–Kier alpha value is -2.21. The second-order valence-corrected chi connectivity index (χ2v) is 4.39. The number of rotatable bonds is 5.